The van der Waals surface area contributed by atoms with E-state index < -0.39 is 0 Å². The van der Waals surface area contributed by atoms with Crippen molar-refractivity contribution in [2.24, 2.45) is 0 Å². The molecule has 0 aliphatic carbocycles. The van der Waals surface area contributed by atoms with Crippen LogP contribution in [0.5, 0.6) is 0 Å². The van der Waals surface area contributed by atoms with Crippen molar-refractivity contribution in [2.45, 2.75) is 12.8 Å². The molecular weight excluding hydrogens is 204 g/mol. The summed E-state index contributed by atoms with van der Waals surface area (Å²) >= 11 is 0. The molecule has 1 amide bonds. The van der Waals surface area contributed by atoms with Crippen molar-refractivity contribution in [1.29, 1.82) is 0 Å². The molecule has 2 N–H and O–H groups in total. The number of nitrogens with one attached hydrogen (secondary N) is 2. The zero-order chi connectivity index (χ0) is 11.2. The largest absolute Gasteiger partial charge is 0.323 e. The van der Waals surface area contributed by atoms with Crippen LogP contribution in [-0.4, -0.2) is 21.1 Å². The lowest BCUT2D eigenvalue weighted by Crippen LogP contribution is -2.11. The number of pyridine rings is 1. The Labute approximate surface area is 92.9 Å². The first-order valence-corrected chi connectivity index (χ1v) is 5.02. The van der Waals surface area contributed by atoms with Crippen molar-refractivity contribution >= 4 is 11.6 Å². The Morgan fingerprint density at radius 3 is 2.88 bits per heavy atom. The smallest absolute Gasteiger partial charge is 0.224 e. The van der Waals surface area contributed by atoms with Gasteiger partial charge in [0, 0.05) is 25.0 Å². The van der Waals surface area contributed by atoms with Crippen molar-refractivity contribution in [3.8, 4) is 0 Å². The third-order valence-corrected chi connectivity index (χ3v) is 2.17. The van der Waals surface area contributed by atoms with E-state index >= 15 is 0 Å². The lowest BCUT2D eigenvalue weighted by molar-refractivity contribution is -0.116. The number of carbonyl (C=O) groups is 1. The van der Waals surface area contributed by atoms with Gasteiger partial charge in [-0.3, -0.25) is 14.9 Å². The summed E-state index contributed by atoms with van der Waals surface area (Å²) in [7, 11) is 0. The van der Waals surface area contributed by atoms with E-state index in [1.54, 1.807) is 24.8 Å². The van der Waals surface area contributed by atoms with Crippen LogP contribution < -0.4 is 5.32 Å². The third-order valence-electron chi connectivity index (χ3n) is 2.17. The Bertz CT molecular complexity index is 438. The van der Waals surface area contributed by atoms with Crippen LogP contribution in [0.3, 0.4) is 0 Å². The number of rotatable bonds is 4. The van der Waals surface area contributed by atoms with Gasteiger partial charge < -0.3 is 5.32 Å². The number of anilines is 1. The maximum Gasteiger partial charge on any atom is 0.224 e. The third kappa shape index (κ3) is 2.91. The van der Waals surface area contributed by atoms with Crippen LogP contribution in [0, 0.1) is 0 Å². The minimum atomic E-state index is -0.0155. The molecule has 0 atom stereocenters. The van der Waals surface area contributed by atoms with E-state index in [-0.39, 0.29) is 5.91 Å². The predicted molar refractivity (Wildman–Crippen MR) is 59.8 cm³/mol. The van der Waals surface area contributed by atoms with Crippen molar-refractivity contribution < 1.29 is 4.79 Å². The van der Waals surface area contributed by atoms with E-state index in [0.717, 1.165) is 5.56 Å². The number of aryl methyl sites for hydroxylation is 1. The fourth-order valence-electron chi connectivity index (χ4n) is 1.35. The van der Waals surface area contributed by atoms with Gasteiger partial charge in [-0.1, -0.05) is 0 Å². The number of hydrogen-bond donors (Lipinski definition) is 2. The second-order valence-electron chi connectivity index (χ2n) is 3.39. The first-order valence-electron chi connectivity index (χ1n) is 5.02. The normalized spacial score (nSPS) is 10.0. The van der Waals surface area contributed by atoms with Gasteiger partial charge in [-0.25, -0.2) is 0 Å². The Balaban J connectivity index is 1.80. The number of aromatic amines is 1. The fourth-order valence-corrected chi connectivity index (χ4v) is 1.35. The summed E-state index contributed by atoms with van der Waals surface area (Å²) < 4.78 is 0. The zero-order valence-corrected chi connectivity index (χ0v) is 8.68. The molecule has 2 aromatic rings. The number of aromatic nitrogens is 3. The SMILES string of the molecule is O=C(CCc1ccncc1)Nc1cn[nH]c1. The van der Waals surface area contributed by atoms with E-state index in [0.29, 0.717) is 18.5 Å². The van der Waals surface area contributed by atoms with Crippen LogP contribution in [-0.2, 0) is 11.2 Å². The molecule has 0 radical (unpaired) electrons. The maximum absolute atomic E-state index is 11.5. The van der Waals surface area contributed by atoms with Crippen molar-refractivity contribution in [3.63, 3.8) is 0 Å². The molecule has 0 spiro atoms. The molecule has 0 aromatic carbocycles. The minimum absolute atomic E-state index is 0.0155. The Hall–Kier alpha value is -2.17. The number of carbonyl (C=O) groups excluding carboxylic acids is 1. The molecule has 0 aliphatic rings. The molecule has 5 heteroatoms. The average Bonchev–Trinajstić information content (AvgIpc) is 2.81. The highest BCUT2D eigenvalue weighted by Gasteiger charge is 2.03. The van der Waals surface area contributed by atoms with E-state index in [9.17, 15) is 4.79 Å². The molecule has 0 fully saturated rings. The van der Waals surface area contributed by atoms with Crippen LogP contribution in [0.2, 0.25) is 0 Å². The summed E-state index contributed by atoms with van der Waals surface area (Å²) in [5.74, 6) is -0.0155. The van der Waals surface area contributed by atoms with Gasteiger partial charge >= 0.3 is 0 Å². The first kappa shape index (κ1) is 10.4. The van der Waals surface area contributed by atoms with Gasteiger partial charge in [0.2, 0.25) is 5.91 Å². The standard InChI is InChI=1S/C11H12N4O/c16-11(15-10-7-13-14-8-10)2-1-9-3-5-12-6-4-9/h3-8H,1-2H2,(H,13,14)(H,15,16). The second-order valence-corrected chi connectivity index (χ2v) is 3.39. The summed E-state index contributed by atoms with van der Waals surface area (Å²) in [6.45, 7) is 0. The summed E-state index contributed by atoms with van der Waals surface area (Å²) in [4.78, 5) is 15.4. The van der Waals surface area contributed by atoms with Gasteiger partial charge in [-0.2, -0.15) is 5.10 Å². The summed E-state index contributed by atoms with van der Waals surface area (Å²) in [5.41, 5.74) is 1.80. The number of hydrogen-bond acceptors (Lipinski definition) is 3. The highest BCUT2D eigenvalue weighted by molar-refractivity contribution is 5.90. The summed E-state index contributed by atoms with van der Waals surface area (Å²) in [6.07, 6.45) is 7.84. The van der Waals surface area contributed by atoms with Crippen LogP contribution in [0.15, 0.2) is 36.9 Å². The highest BCUT2D eigenvalue weighted by atomic mass is 16.1. The van der Waals surface area contributed by atoms with E-state index in [1.807, 2.05) is 12.1 Å². The molecule has 0 saturated heterocycles. The fraction of sp³-hybridized carbons (Fsp3) is 0.182. The molecule has 5 nitrogen and oxygen atoms in total. The van der Waals surface area contributed by atoms with E-state index in [2.05, 4.69) is 20.5 Å². The van der Waals surface area contributed by atoms with Crippen LogP contribution in [0.25, 0.3) is 0 Å². The molecule has 0 saturated carbocycles. The molecule has 0 bridgehead atoms. The van der Waals surface area contributed by atoms with Gasteiger partial charge in [-0.05, 0) is 24.1 Å². The van der Waals surface area contributed by atoms with Gasteiger partial charge in [0.05, 0.1) is 11.9 Å². The number of nitrogens with zero attached hydrogens (tertiary/aromatic N) is 2. The Morgan fingerprint density at radius 1 is 1.38 bits per heavy atom. The van der Waals surface area contributed by atoms with Crippen LogP contribution in [0.1, 0.15) is 12.0 Å². The molecule has 2 heterocycles. The monoisotopic (exact) mass is 216 g/mol. The molecule has 2 aromatic heterocycles. The van der Waals surface area contributed by atoms with Gasteiger partial charge in [0.25, 0.3) is 0 Å². The second kappa shape index (κ2) is 5.06. The van der Waals surface area contributed by atoms with E-state index in [4.69, 9.17) is 0 Å². The summed E-state index contributed by atoms with van der Waals surface area (Å²) in [6, 6.07) is 3.82. The lowest BCUT2D eigenvalue weighted by atomic mass is 10.1. The Morgan fingerprint density at radius 2 is 2.19 bits per heavy atom. The van der Waals surface area contributed by atoms with Gasteiger partial charge in [-0.15, -0.1) is 0 Å². The molecular formula is C11H12N4O. The lowest BCUT2D eigenvalue weighted by Gasteiger charge is -2.02. The summed E-state index contributed by atoms with van der Waals surface area (Å²) in [5, 5.41) is 9.13. The van der Waals surface area contributed by atoms with E-state index in [1.165, 1.54) is 0 Å². The zero-order valence-electron chi connectivity index (χ0n) is 8.68. The average molecular weight is 216 g/mol. The quantitative estimate of drug-likeness (QED) is 0.811. The molecule has 2 rings (SSSR count). The first-order chi connectivity index (χ1) is 7.84. The number of H-pyrrole nitrogens is 1. The molecule has 82 valence electrons. The van der Waals surface area contributed by atoms with Crippen molar-refractivity contribution in [1.82, 2.24) is 15.2 Å². The molecule has 16 heavy (non-hydrogen) atoms. The predicted octanol–water partition coefficient (Wildman–Crippen LogP) is 1.38. The highest BCUT2D eigenvalue weighted by Crippen LogP contribution is 2.05. The van der Waals surface area contributed by atoms with Crippen molar-refractivity contribution in [3.05, 3.63) is 42.5 Å². The number of amides is 1. The molecule has 0 aliphatic heterocycles. The van der Waals surface area contributed by atoms with Crippen LogP contribution >= 0.6 is 0 Å². The van der Waals surface area contributed by atoms with Gasteiger partial charge in [0.1, 0.15) is 0 Å². The van der Waals surface area contributed by atoms with Crippen LogP contribution in [0.4, 0.5) is 5.69 Å². The maximum atomic E-state index is 11.5. The van der Waals surface area contributed by atoms with Crippen molar-refractivity contribution in [2.75, 3.05) is 5.32 Å². The Kier molecular flexibility index (Phi) is 3.28. The van der Waals surface area contributed by atoms with Gasteiger partial charge in [0.15, 0.2) is 0 Å². The molecule has 0 unspecified atom stereocenters. The minimum Gasteiger partial charge on any atom is -0.323 e. The topological polar surface area (TPSA) is 70.7 Å².